The molecule has 0 spiro atoms. The minimum absolute atomic E-state index is 0.00705. The quantitative estimate of drug-likeness (QED) is 0.372. The highest BCUT2D eigenvalue weighted by molar-refractivity contribution is 7.87. The van der Waals surface area contributed by atoms with Gasteiger partial charge in [0.15, 0.2) is 11.6 Å². The molecule has 0 atom stereocenters. The highest BCUT2D eigenvalue weighted by atomic mass is 32.2. The van der Waals surface area contributed by atoms with Gasteiger partial charge in [0.2, 0.25) is 0 Å². The molecule has 1 amide bonds. The molecule has 0 unspecified atom stereocenters. The van der Waals surface area contributed by atoms with E-state index < -0.39 is 46.1 Å². The van der Waals surface area contributed by atoms with Crippen molar-refractivity contribution < 1.29 is 30.9 Å². The Bertz CT molecular complexity index is 1250. The molecule has 176 valence electrons. The number of nitrogens with zero attached hydrogens (tertiary/aromatic N) is 2. The van der Waals surface area contributed by atoms with Gasteiger partial charge in [0.05, 0.1) is 12.2 Å². The Morgan fingerprint density at radius 1 is 1.12 bits per heavy atom. The van der Waals surface area contributed by atoms with Crippen molar-refractivity contribution >= 4 is 21.9 Å². The van der Waals surface area contributed by atoms with Crippen molar-refractivity contribution in [2.75, 3.05) is 5.73 Å². The van der Waals surface area contributed by atoms with E-state index in [0.29, 0.717) is 17.3 Å². The second-order valence-corrected chi connectivity index (χ2v) is 8.91. The Morgan fingerprint density at radius 3 is 2.27 bits per heavy atom. The number of hydrogen-bond donors (Lipinski definition) is 2. The van der Waals surface area contributed by atoms with Crippen LogP contribution in [0.15, 0.2) is 47.5 Å². The number of hydrogen-bond acceptors (Lipinski definition) is 7. The Kier molecular flexibility index (Phi) is 6.86. The van der Waals surface area contributed by atoms with Crippen LogP contribution in [0.3, 0.4) is 0 Å². The highest BCUT2D eigenvalue weighted by Crippen LogP contribution is 2.29. The van der Waals surface area contributed by atoms with Crippen LogP contribution in [0, 0.1) is 11.6 Å². The summed E-state index contributed by atoms with van der Waals surface area (Å²) in [5.41, 5.74) is 12.1. The van der Waals surface area contributed by atoms with Crippen molar-refractivity contribution in [2.24, 2.45) is 5.73 Å². The molecule has 0 bridgehead atoms. The van der Waals surface area contributed by atoms with E-state index in [1.165, 1.54) is 4.57 Å². The third-order valence-electron chi connectivity index (χ3n) is 4.51. The molecule has 33 heavy (non-hydrogen) atoms. The molecule has 3 aromatic rings. The fraction of sp³-hybridized carbons (Fsp3) is 0.238. The van der Waals surface area contributed by atoms with Gasteiger partial charge in [-0.2, -0.15) is 8.42 Å². The summed E-state index contributed by atoms with van der Waals surface area (Å²) in [5, 5.41) is -0.345. The molecule has 0 saturated carbocycles. The van der Waals surface area contributed by atoms with Gasteiger partial charge >= 0.3 is 16.2 Å². The molecule has 4 N–H and O–H groups in total. The zero-order chi connectivity index (χ0) is 24.3. The first kappa shape index (κ1) is 24.0. The molecule has 9 nitrogen and oxygen atoms in total. The lowest BCUT2D eigenvalue weighted by molar-refractivity contribution is 0.145. The van der Waals surface area contributed by atoms with Gasteiger partial charge in [-0.25, -0.2) is 18.6 Å². The van der Waals surface area contributed by atoms with E-state index in [9.17, 15) is 22.0 Å². The molecule has 0 aliphatic carbocycles. The number of amides is 1. The number of primary amides is 1. The number of ether oxygens (including phenoxy) is 1. The normalized spacial score (nSPS) is 11.5. The Morgan fingerprint density at radius 2 is 1.73 bits per heavy atom. The third-order valence-corrected chi connectivity index (χ3v) is 5.83. The van der Waals surface area contributed by atoms with Crippen LogP contribution < -0.4 is 15.7 Å². The largest absolute Gasteiger partial charge is 0.442 e. The summed E-state index contributed by atoms with van der Waals surface area (Å²) in [6.45, 7) is 2.99. The van der Waals surface area contributed by atoms with Crippen molar-refractivity contribution in [1.82, 2.24) is 9.55 Å². The Balaban J connectivity index is 2.15. The van der Waals surface area contributed by atoms with E-state index in [4.69, 9.17) is 20.4 Å². The molecule has 0 aliphatic rings. The zero-order valence-electron chi connectivity index (χ0n) is 17.8. The van der Waals surface area contributed by atoms with Gasteiger partial charge in [-0.05, 0) is 23.6 Å². The van der Waals surface area contributed by atoms with Crippen molar-refractivity contribution in [3.63, 3.8) is 0 Å². The van der Waals surface area contributed by atoms with Crippen molar-refractivity contribution in [3.05, 3.63) is 71.2 Å². The number of halogens is 2. The fourth-order valence-corrected chi connectivity index (χ4v) is 4.50. The van der Waals surface area contributed by atoms with Crippen molar-refractivity contribution in [2.45, 2.75) is 37.9 Å². The number of carbonyl (C=O) groups is 1. The van der Waals surface area contributed by atoms with Gasteiger partial charge in [-0.1, -0.05) is 26.0 Å². The summed E-state index contributed by atoms with van der Waals surface area (Å²) in [6, 6.07) is 8.71. The molecule has 1 heterocycles. The number of imidazole rings is 1. The molecule has 1 aromatic heterocycles. The van der Waals surface area contributed by atoms with E-state index >= 15 is 0 Å². The van der Waals surface area contributed by atoms with Crippen LogP contribution in [0.5, 0.6) is 5.75 Å². The highest BCUT2D eigenvalue weighted by Gasteiger charge is 2.32. The van der Waals surface area contributed by atoms with Crippen LogP contribution in [0.25, 0.3) is 0 Å². The number of rotatable bonds is 8. The Hall–Kier alpha value is -3.67. The first-order chi connectivity index (χ1) is 15.5. The lowest BCUT2D eigenvalue weighted by Gasteiger charge is -2.15. The molecule has 0 aliphatic heterocycles. The monoisotopic (exact) mass is 480 g/mol. The van der Waals surface area contributed by atoms with Gasteiger partial charge in [0, 0.05) is 23.9 Å². The lowest BCUT2D eigenvalue weighted by atomic mass is 10.1. The minimum Gasteiger partial charge on any atom is -0.442 e. The first-order valence-electron chi connectivity index (χ1n) is 9.73. The predicted molar refractivity (Wildman–Crippen MR) is 115 cm³/mol. The van der Waals surface area contributed by atoms with Gasteiger partial charge in [-0.3, -0.25) is 0 Å². The van der Waals surface area contributed by atoms with Crippen LogP contribution in [0.2, 0.25) is 0 Å². The predicted octanol–water partition coefficient (Wildman–Crippen LogP) is 3.28. The third kappa shape index (κ3) is 5.77. The van der Waals surface area contributed by atoms with E-state index in [1.807, 2.05) is 0 Å². The minimum atomic E-state index is -4.63. The maximum absolute atomic E-state index is 13.6. The lowest BCUT2D eigenvalue weighted by Crippen LogP contribution is -2.20. The molecule has 0 saturated heterocycles. The van der Waals surface area contributed by atoms with Crippen LogP contribution >= 0.6 is 0 Å². The van der Waals surface area contributed by atoms with Crippen LogP contribution in [0.4, 0.5) is 19.3 Å². The summed E-state index contributed by atoms with van der Waals surface area (Å²) in [5.74, 6) is -2.87. The van der Waals surface area contributed by atoms with Gasteiger partial charge in [0.1, 0.15) is 23.2 Å². The maximum Gasteiger partial charge on any atom is 0.404 e. The van der Waals surface area contributed by atoms with Gasteiger partial charge < -0.3 is 25.0 Å². The molecule has 0 fully saturated rings. The average molecular weight is 480 g/mol. The van der Waals surface area contributed by atoms with Crippen LogP contribution in [-0.2, 0) is 28.0 Å². The number of nitrogens with two attached hydrogens (primary N) is 2. The number of aromatic nitrogens is 2. The zero-order valence-corrected chi connectivity index (χ0v) is 18.6. The smallest absolute Gasteiger partial charge is 0.404 e. The van der Waals surface area contributed by atoms with Crippen LogP contribution in [0.1, 0.15) is 36.8 Å². The topological polar surface area (TPSA) is 140 Å². The van der Waals surface area contributed by atoms with Gasteiger partial charge in [-0.15, -0.1) is 0 Å². The Labute approximate surface area is 189 Å². The second-order valence-electron chi connectivity index (χ2n) is 7.45. The SMILES string of the molecule is CC(C)c1nc(COC(N)=O)n(Cc2ccc(N)cc2)c1S(=O)(=O)Oc1cc(F)cc(F)c1. The number of nitrogen functional groups attached to an aromatic ring is 1. The van der Waals surface area contributed by atoms with E-state index in [0.717, 1.165) is 12.1 Å². The number of carbonyl (C=O) groups excluding carboxylic acids is 1. The molecule has 3 rings (SSSR count). The first-order valence-corrected chi connectivity index (χ1v) is 11.1. The standard InChI is InChI=1S/C21H22F2N4O5S/c1-12(2)19-20(33(29,30)32-17-8-14(22)7-15(23)9-17)27(18(26-19)11-31-21(25)28)10-13-3-5-16(24)6-4-13/h3-9,12H,10-11,24H2,1-2H3,(H2,25,28). The van der Waals surface area contributed by atoms with Crippen molar-refractivity contribution in [3.8, 4) is 5.75 Å². The number of anilines is 1. The van der Waals surface area contributed by atoms with E-state index in [-0.39, 0.29) is 23.1 Å². The molecule has 2 aromatic carbocycles. The average Bonchev–Trinajstić information content (AvgIpc) is 3.06. The maximum atomic E-state index is 13.6. The fourth-order valence-electron chi connectivity index (χ4n) is 3.10. The summed E-state index contributed by atoms with van der Waals surface area (Å²) in [7, 11) is -4.63. The van der Waals surface area contributed by atoms with E-state index in [1.54, 1.807) is 38.1 Å². The molecule has 12 heteroatoms. The van der Waals surface area contributed by atoms with Gasteiger partial charge in [0.25, 0.3) is 0 Å². The van der Waals surface area contributed by atoms with Crippen LogP contribution in [-0.4, -0.2) is 24.1 Å². The second kappa shape index (κ2) is 9.45. The molecule has 0 radical (unpaired) electrons. The van der Waals surface area contributed by atoms with Crippen molar-refractivity contribution in [1.29, 1.82) is 0 Å². The summed E-state index contributed by atoms with van der Waals surface area (Å²) >= 11 is 0. The van der Waals surface area contributed by atoms with E-state index in [2.05, 4.69) is 4.98 Å². The summed E-state index contributed by atoms with van der Waals surface area (Å²) < 4.78 is 64.9. The molecular weight excluding hydrogens is 458 g/mol. The summed E-state index contributed by atoms with van der Waals surface area (Å²) in [6.07, 6.45) is -1.07. The summed E-state index contributed by atoms with van der Waals surface area (Å²) in [4.78, 5) is 15.5. The number of benzene rings is 2. The molecular formula is C21H22F2N4O5S.